The first kappa shape index (κ1) is 9.81. The molecule has 0 aliphatic rings. The Kier molecular flexibility index (Phi) is 4.10. The molecule has 0 aliphatic carbocycles. The van der Waals surface area contributed by atoms with Gasteiger partial charge in [-0.1, -0.05) is 6.92 Å². The van der Waals surface area contributed by atoms with Gasteiger partial charge in [-0.3, -0.25) is 9.79 Å². The first-order valence-electron chi connectivity index (χ1n) is 3.31. The summed E-state index contributed by atoms with van der Waals surface area (Å²) in [4.78, 5) is 13.8. The molecule has 4 nitrogen and oxygen atoms in total. The van der Waals surface area contributed by atoms with Crippen molar-refractivity contribution in [1.82, 2.24) is 0 Å². The third-order valence-electron chi connectivity index (χ3n) is 1.37. The summed E-state index contributed by atoms with van der Waals surface area (Å²) in [5.74, 6) is -1.00. The highest BCUT2D eigenvalue weighted by Crippen LogP contribution is 1.93. The minimum absolute atomic E-state index is 0.0608. The van der Waals surface area contributed by atoms with Crippen LogP contribution in [0.4, 0.5) is 0 Å². The highest BCUT2D eigenvalue weighted by molar-refractivity contribution is 5.96. The Morgan fingerprint density at radius 1 is 1.82 bits per heavy atom. The molecule has 0 radical (unpaired) electrons. The number of carbonyl (C=O) groups is 1. The van der Waals surface area contributed by atoms with E-state index in [2.05, 4.69) is 4.99 Å². The molecular formula is C7H12N2O2. The van der Waals surface area contributed by atoms with Crippen molar-refractivity contribution < 1.29 is 9.90 Å². The first-order chi connectivity index (χ1) is 5.07. The van der Waals surface area contributed by atoms with E-state index in [-0.39, 0.29) is 12.5 Å². The van der Waals surface area contributed by atoms with E-state index in [1.165, 1.54) is 6.21 Å². The molecule has 0 bridgehead atoms. The second-order valence-electron chi connectivity index (χ2n) is 2.31. The van der Waals surface area contributed by atoms with Gasteiger partial charge in [-0.2, -0.15) is 0 Å². The van der Waals surface area contributed by atoms with Gasteiger partial charge < -0.3 is 10.5 Å². The quantitative estimate of drug-likeness (QED) is 0.591. The maximum absolute atomic E-state index is 10.1. The van der Waals surface area contributed by atoms with Crippen LogP contribution in [0.2, 0.25) is 0 Å². The summed E-state index contributed by atoms with van der Waals surface area (Å²) in [6.45, 7) is 3.32. The molecule has 1 atom stereocenters. The topological polar surface area (TPSA) is 73.5 Å². The van der Waals surface area contributed by atoms with Gasteiger partial charge in [0.05, 0.1) is 0 Å². The Hall–Kier alpha value is -1.19. The summed E-state index contributed by atoms with van der Waals surface area (Å²) < 4.78 is 0. The van der Waals surface area contributed by atoms with Gasteiger partial charge in [-0.25, -0.2) is 0 Å². The van der Waals surface area contributed by atoms with E-state index in [0.717, 1.165) is 0 Å². The zero-order chi connectivity index (χ0) is 8.85. The molecule has 0 rings (SSSR count). The SMILES string of the molecule is CC(=NCC(=O)O)C(C)C=N. The normalized spacial score (nSPS) is 14.2. The molecule has 0 fully saturated rings. The molecule has 62 valence electrons. The van der Waals surface area contributed by atoms with Crippen LogP contribution in [0.3, 0.4) is 0 Å². The lowest BCUT2D eigenvalue weighted by Gasteiger charge is -2.01. The molecule has 2 N–H and O–H groups in total. The van der Waals surface area contributed by atoms with Gasteiger partial charge in [0.25, 0.3) is 0 Å². The maximum atomic E-state index is 10.1. The van der Waals surface area contributed by atoms with Crippen molar-refractivity contribution in [3.63, 3.8) is 0 Å². The number of carboxylic acid groups (broad SMARTS) is 1. The predicted molar refractivity (Wildman–Crippen MR) is 43.6 cm³/mol. The van der Waals surface area contributed by atoms with E-state index in [0.29, 0.717) is 5.71 Å². The Morgan fingerprint density at radius 3 is 2.73 bits per heavy atom. The minimum atomic E-state index is -0.943. The third kappa shape index (κ3) is 4.25. The van der Waals surface area contributed by atoms with Crippen LogP contribution >= 0.6 is 0 Å². The highest BCUT2D eigenvalue weighted by Gasteiger charge is 2.01. The number of nitrogens with one attached hydrogen (secondary N) is 1. The fraction of sp³-hybridized carbons (Fsp3) is 0.571. The summed E-state index contributed by atoms with van der Waals surface area (Å²) in [6.07, 6.45) is 1.24. The molecule has 0 saturated heterocycles. The molecule has 0 aromatic carbocycles. The number of nitrogens with zero attached hydrogens (tertiary/aromatic N) is 1. The van der Waals surface area contributed by atoms with Crippen LogP contribution in [0.5, 0.6) is 0 Å². The third-order valence-corrected chi connectivity index (χ3v) is 1.37. The van der Waals surface area contributed by atoms with Crippen LogP contribution in [0.15, 0.2) is 4.99 Å². The van der Waals surface area contributed by atoms with E-state index in [1.807, 2.05) is 0 Å². The Bertz CT molecular complexity index is 187. The first-order valence-corrected chi connectivity index (χ1v) is 3.31. The maximum Gasteiger partial charge on any atom is 0.325 e. The average molecular weight is 156 g/mol. The average Bonchev–Trinajstić information content (AvgIpc) is 1.98. The van der Waals surface area contributed by atoms with Gasteiger partial charge in [-0.15, -0.1) is 0 Å². The Balaban J connectivity index is 3.99. The van der Waals surface area contributed by atoms with Crippen molar-refractivity contribution in [3.05, 3.63) is 0 Å². The largest absolute Gasteiger partial charge is 0.480 e. The zero-order valence-corrected chi connectivity index (χ0v) is 6.66. The number of hydrogen-bond donors (Lipinski definition) is 2. The summed E-state index contributed by atoms with van der Waals surface area (Å²) in [5.41, 5.74) is 0.683. The van der Waals surface area contributed by atoms with E-state index in [1.54, 1.807) is 13.8 Å². The van der Waals surface area contributed by atoms with Crippen LogP contribution < -0.4 is 0 Å². The van der Waals surface area contributed by atoms with Crippen molar-refractivity contribution in [3.8, 4) is 0 Å². The van der Waals surface area contributed by atoms with Crippen LogP contribution in [0.1, 0.15) is 13.8 Å². The Labute approximate surface area is 65.5 Å². The lowest BCUT2D eigenvalue weighted by molar-refractivity contribution is -0.135. The van der Waals surface area contributed by atoms with Gasteiger partial charge in [0.2, 0.25) is 0 Å². The van der Waals surface area contributed by atoms with E-state index in [9.17, 15) is 4.79 Å². The van der Waals surface area contributed by atoms with E-state index < -0.39 is 5.97 Å². The number of carboxylic acids is 1. The van der Waals surface area contributed by atoms with Crippen molar-refractivity contribution >= 4 is 17.9 Å². The molecule has 0 aliphatic heterocycles. The summed E-state index contributed by atoms with van der Waals surface area (Å²) in [5, 5.41) is 15.1. The predicted octanol–water partition coefficient (Wildman–Crippen LogP) is 0.818. The van der Waals surface area contributed by atoms with E-state index >= 15 is 0 Å². The molecule has 1 unspecified atom stereocenters. The van der Waals surface area contributed by atoms with E-state index in [4.69, 9.17) is 10.5 Å². The van der Waals surface area contributed by atoms with Crippen LogP contribution in [0.25, 0.3) is 0 Å². The standard InChI is InChI=1S/C7H12N2O2/c1-5(3-8)6(2)9-4-7(10)11/h3,5,8H,4H2,1-2H3,(H,10,11). The number of aliphatic carboxylic acids is 1. The lowest BCUT2D eigenvalue weighted by Crippen LogP contribution is -2.10. The Morgan fingerprint density at radius 2 is 2.36 bits per heavy atom. The van der Waals surface area contributed by atoms with Gasteiger partial charge in [-0.05, 0) is 6.92 Å². The molecule has 4 heteroatoms. The highest BCUT2D eigenvalue weighted by atomic mass is 16.4. The fourth-order valence-electron chi connectivity index (χ4n) is 0.457. The molecule has 0 saturated carbocycles. The van der Waals surface area contributed by atoms with Crippen molar-refractivity contribution in [2.75, 3.05) is 6.54 Å². The van der Waals surface area contributed by atoms with Crippen LogP contribution in [-0.2, 0) is 4.79 Å². The van der Waals surface area contributed by atoms with Crippen molar-refractivity contribution in [2.24, 2.45) is 10.9 Å². The van der Waals surface area contributed by atoms with Crippen LogP contribution in [0, 0.1) is 11.3 Å². The summed E-state index contributed by atoms with van der Waals surface area (Å²) in [6, 6.07) is 0. The second kappa shape index (κ2) is 4.60. The second-order valence-corrected chi connectivity index (χ2v) is 2.31. The summed E-state index contributed by atoms with van der Waals surface area (Å²) >= 11 is 0. The monoisotopic (exact) mass is 156 g/mol. The molecule has 0 aromatic heterocycles. The molecular weight excluding hydrogens is 144 g/mol. The molecule has 0 heterocycles. The van der Waals surface area contributed by atoms with Gasteiger partial charge in [0.15, 0.2) is 0 Å². The number of rotatable bonds is 4. The van der Waals surface area contributed by atoms with Gasteiger partial charge in [0, 0.05) is 17.8 Å². The van der Waals surface area contributed by atoms with Crippen LogP contribution in [-0.4, -0.2) is 29.5 Å². The van der Waals surface area contributed by atoms with Crippen molar-refractivity contribution in [1.29, 1.82) is 5.41 Å². The summed E-state index contributed by atoms with van der Waals surface area (Å²) in [7, 11) is 0. The van der Waals surface area contributed by atoms with Gasteiger partial charge in [0.1, 0.15) is 6.54 Å². The molecule has 11 heavy (non-hydrogen) atoms. The van der Waals surface area contributed by atoms with Gasteiger partial charge >= 0.3 is 5.97 Å². The molecule has 0 spiro atoms. The number of aliphatic imine (C=N–C) groups is 1. The zero-order valence-electron chi connectivity index (χ0n) is 6.66. The molecule has 0 aromatic rings. The smallest absolute Gasteiger partial charge is 0.325 e. The fourth-order valence-corrected chi connectivity index (χ4v) is 0.457. The number of hydrogen-bond acceptors (Lipinski definition) is 3. The van der Waals surface area contributed by atoms with Crippen molar-refractivity contribution in [2.45, 2.75) is 13.8 Å². The lowest BCUT2D eigenvalue weighted by atomic mass is 10.1. The molecule has 0 amide bonds. The minimum Gasteiger partial charge on any atom is -0.480 e.